The highest BCUT2D eigenvalue weighted by molar-refractivity contribution is 5.74. The van der Waals surface area contributed by atoms with Gasteiger partial charge in [0.1, 0.15) is 5.75 Å². The summed E-state index contributed by atoms with van der Waals surface area (Å²) in [7, 11) is 0. The van der Waals surface area contributed by atoms with Gasteiger partial charge in [0.05, 0.1) is 16.3 Å². The first kappa shape index (κ1) is 15.8. The lowest BCUT2D eigenvalue weighted by atomic mass is 10.1. The van der Waals surface area contributed by atoms with Crippen LogP contribution in [0.2, 0.25) is 0 Å². The van der Waals surface area contributed by atoms with Crippen molar-refractivity contribution in [2.24, 2.45) is 0 Å². The van der Waals surface area contributed by atoms with Crippen molar-refractivity contribution < 1.29 is 10.0 Å². The van der Waals surface area contributed by atoms with Crippen LogP contribution in [-0.4, -0.2) is 24.6 Å². The summed E-state index contributed by atoms with van der Waals surface area (Å²) in [4.78, 5) is 14.9. The molecule has 7 nitrogen and oxygen atoms in total. The molecular formula is C19H14N4O3. The first-order valence-electron chi connectivity index (χ1n) is 7.93. The fourth-order valence-electron chi connectivity index (χ4n) is 2.93. The molecule has 7 heteroatoms. The number of benzene rings is 2. The summed E-state index contributed by atoms with van der Waals surface area (Å²) in [6, 6.07) is 15.3. The van der Waals surface area contributed by atoms with Crippen molar-refractivity contribution in [1.29, 1.82) is 0 Å². The zero-order chi connectivity index (χ0) is 18.3. The van der Waals surface area contributed by atoms with E-state index in [0.717, 1.165) is 16.8 Å². The predicted octanol–water partition coefficient (Wildman–Crippen LogP) is 3.99. The quantitative estimate of drug-likeness (QED) is 0.447. The van der Waals surface area contributed by atoms with Gasteiger partial charge in [-0.1, -0.05) is 24.3 Å². The molecule has 0 spiro atoms. The molecule has 128 valence electrons. The lowest BCUT2D eigenvalue weighted by Crippen LogP contribution is -1.97. The molecule has 4 aromatic rings. The molecule has 0 aliphatic carbocycles. The molecule has 0 fully saturated rings. The molecule has 2 aromatic heterocycles. The van der Waals surface area contributed by atoms with Gasteiger partial charge < -0.3 is 5.11 Å². The van der Waals surface area contributed by atoms with Gasteiger partial charge in [0, 0.05) is 35.5 Å². The highest BCUT2D eigenvalue weighted by Crippen LogP contribution is 2.33. The minimum atomic E-state index is -0.497. The molecule has 0 aliphatic heterocycles. The number of aromatic nitrogens is 3. The number of nitro benzene ring substituents is 1. The normalized spacial score (nSPS) is 11.0. The second-order valence-electron chi connectivity index (χ2n) is 5.90. The van der Waals surface area contributed by atoms with Gasteiger partial charge in [-0.05, 0) is 24.6 Å². The largest absolute Gasteiger partial charge is 0.507 e. The highest BCUT2D eigenvalue weighted by atomic mass is 16.6. The number of rotatable bonds is 3. The third kappa shape index (κ3) is 2.55. The number of nitrogens with zero attached hydrogens (tertiary/aromatic N) is 4. The number of hydrogen-bond acceptors (Lipinski definition) is 5. The number of aromatic hydroxyl groups is 1. The van der Waals surface area contributed by atoms with Gasteiger partial charge in [-0.15, -0.1) is 0 Å². The lowest BCUT2D eigenvalue weighted by Gasteiger charge is -2.07. The van der Waals surface area contributed by atoms with Crippen LogP contribution in [0, 0.1) is 17.0 Å². The fraction of sp³-hybridized carbons (Fsp3) is 0.0526. The Balaban J connectivity index is 1.94. The molecule has 0 saturated heterocycles. The van der Waals surface area contributed by atoms with E-state index < -0.39 is 4.92 Å². The summed E-state index contributed by atoms with van der Waals surface area (Å²) in [5, 5.41) is 25.9. The molecule has 2 heterocycles. The lowest BCUT2D eigenvalue weighted by molar-refractivity contribution is -0.384. The van der Waals surface area contributed by atoms with Crippen molar-refractivity contribution in [3.8, 4) is 28.3 Å². The van der Waals surface area contributed by atoms with Crippen LogP contribution in [0.25, 0.3) is 28.2 Å². The standard InChI is InChI=1S/C19H14N4O3/c1-12-4-2-3-5-14(12)16-11-19-20-9-8-17(22(19)21-16)15-10-13(23(25)26)6-7-18(15)24/h2-11,24H,1H3. The molecule has 0 radical (unpaired) electrons. The average molecular weight is 346 g/mol. The number of phenolic OH excluding ortho intramolecular Hbond substituents is 1. The third-order valence-corrected chi connectivity index (χ3v) is 4.25. The third-order valence-electron chi connectivity index (χ3n) is 4.25. The van der Waals surface area contributed by atoms with Gasteiger partial charge in [-0.3, -0.25) is 10.1 Å². The maximum absolute atomic E-state index is 11.1. The van der Waals surface area contributed by atoms with Crippen LogP contribution in [0.1, 0.15) is 5.56 Å². The Bertz CT molecular complexity index is 1150. The van der Waals surface area contributed by atoms with Crippen molar-refractivity contribution in [2.45, 2.75) is 6.92 Å². The van der Waals surface area contributed by atoms with E-state index in [0.29, 0.717) is 16.9 Å². The molecule has 1 N–H and O–H groups in total. The van der Waals surface area contributed by atoms with Crippen molar-refractivity contribution >= 4 is 11.3 Å². The van der Waals surface area contributed by atoms with Gasteiger partial charge in [-0.2, -0.15) is 5.10 Å². The Morgan fingerprint density at radius 1 is 1.08 bits per heavy atom. The maximum atomic E-state index is 11.1. The summed E-state index contributed by atoms with van der Waals surface area (Å²) in [6.45, 7) is 2.00. The molecule has 0 saturated carbocycles. The van der Waals surface area contributed by atoms with E-state index in [4.69, 9.17) is 0 Å². The Kier molecular flexibility index (Phi) is 3.62. The van der Waals surface area contributed by atoms with Crippen molar-refractivity contribution in [3.63, 3.8) is 0 Å². The smallest absolute Gasteiger partial charge is 0.270 e. The second kappa shape index (κ2) is 5.96. The van der Waals surface area contributed by atoms with Crippen LogP contribution in [0.3, 0.4) is 0 Å². The number of non-ortho nitro benzene ring substituents is 1. The molecule has 0 amide bonds. The van der Waals surface area contributed by atoms with Crippen LogP contribution in [0.5, 0.6) is 5.75 Å². The molecule has 2 aromatic carbocycles. The minimum Gasteiger partial charge on any atom is -0.507 e. The van der Waals surface area contributed by atoms with Crippen LogP contribution >= 0.6 is 0 Å². The Morgan fingerprint density at radius 2 is 1.88 bits per heavy atom. The first-order valence-corrected chi connectivity index (χ1v) is 7.93. The minimum absolute atomic E-state index is 0.0592. The Morgan fingerprint density at radius 3 is 2.65 bits per heavy atom. The van der Waals surface area contributed by atoms with Gasteiger partial charge >= 0.3 is 0 Å². The van der Waals surface area contributed by atoms with Crippen LogP contribution in [-0.2, 0) is 0 Å². The molecule has 0 aliphatic rings. The van der Waals surface area contributed by atoms with E-state index >= 15 is 0 Å². The molecule has 26 heavy (non-hydrogen) atoms. The SMILES string of the molecule is Cc1ccccc1-c1cc2nccc(-c3cc([N+](=O)[O-])ccc3O)n2n1. The Hall–Kier alpha value is -3.74. The second-order valence-corrected chi connectivity index (χ2v) is 5.90. The number of phenols is 1. The predicted molar refractivity (Wildman–Crippen MR) is 96.9 cm³/mol. The van der Waals surface area contributed by atoms with Gasteiger partial charge in [0.2, 0.25) is 0 Å². The van der Waals surface area contributed by atoms with E-state index in [2.05, 4.69) is 10.1 Å². The molecule has 0 bridgehead atoms. The van der Waals surface area contributed by atoms with Gasteiger partial charge in [0.15, 0.2) is 5.65 Å². The number of aryl methyl sites for hydroxylation is 1. The van der Waals surface area contributed by atoms with E-state index in [-0.39, 0.29) is 11.4 Å². The Labute approximate surface area is 148 Å². The molecule has 4 rings (SSSR count). The summed E-state index contributed by atoms with van der Waals surface area (Å²) in [5.41, 5.74) is 4.14. The van der Waals surface area contributed by atoms with Crippen molar-refractivity contribution in [1.82, 2.24) is 14.6 Å². The van der Waals surface area contributed by atoms with Gasteiger partial charge in [-0.25, -0.2) is 9.50 Å². The van der Waals surface area contributed by atoms with Crippen molar-refractivity contribution in [3.05, 3.63) is 76.5 Å². The number of nitro groups is 1. The van der Waals surface area contributed by atoms with E-state index in [1.54, 1.807) is 16.8 Å². The zero-order valence-corrected chi connectivity index (χ0v) is 13.8. The topological polar surface area (TPSA) is 93.6 Å². The van der Waals surface area contributed by atoms with Crippen LogP contribution in [0.15, 0.2) is 60.8 Å². The van der Waals surface area contributed by atoms with E-state index in [9.17, 15) is 15.2 Å². The van der Waals surface area contributed by atoms with Crippen LogP contribution < -0.4 is 0 Å². The molecule has 0 atom stereocenters. The van der Waals surface area contributed by atoms with Crippen LogP contribution in [0.4, 0.5) is 5.69 Å². The summed E-state index contributed by atoms with van der Waals surface area (Å²) >= 11 is 0. The number of hydrogen-bond donors (Lipinski definition) is 1. The summed E-state index contributed by atoms with van der Waals surface area (Å²) < 4.78 is 1.58. The summed E-state index contributed by atoms with van der Waals surface area (Å²) in [6.07, 6.45) is 1.59. The van der Waals surface area contributed by atoms with Gasteiger partial charge in [0.25, 0.3) is 5.69 Å². The first-order chi connectivity index (χ1) is 12.5. The summed E-state index contributed by atoms with van der Waals surface area (Å²) in [5.74, 6) is -0.0592. The van der Waals surface area contributed by atoms with E-state index in [1.165, 1.54) is 18.2 Å². The van der Waals surface area contributed by atoms with E-state index in [1.807, 2.05) is 37.3 Å². The number of fused-ring (bicyclic) bond motifs is 1. The monoisotopic (exact) mass is 346 g/mol. The highest BCUT2D eigenvalue weighted by Gasteiger charge is 2.16. The fourth-order valence-corrected chi connectivity index (χ4v) is 2.93. The zero-order valence-electron chi connectivity index (χ0n) is 13.8. The average Bonchev–Trinajstić information content (AvgIpc) is 3.06. The molecule has 0 unspecified atom stereocenters. The van der Waals surface area contributed by atoms with Crippen molar-refractivity contribution in [2.75, 3.05) is 0 Å². The molecular weight excluding hydrogens is 332 g/mol. The maximum Gasteiger partial charge on any atom is 0.270 e.